The number of aryl methyl sites for hydroxylation is 1. The van der Waals surface area contributed by atoms with Crippen LogP contribution in [0.2, 0.25) is 0 Å². The number of nitrogens with one attached hydrogen (secondary N) is 1. The molecule has 1 fully saturated rings. The predicted octanol–water partition coefficient (Wildman–Crippen LogP) is 2.00. The van der Waals surface area contributed by atoms with E-state index in [1.807, 2.05) is 6.92 Å². The second-order valence-corrected chi connectivity index (χ2v) is 8.65. The summed E-state index contributed by atoms with van der Waals surface area (Å²) in [4.78, 5) is 15.1. The molecule has 1 amide bonds. The largest absolute Gasteiger partial charge is 0.353 e. The molecule has 0 aliphatic carbocycles. The molecule has 0 aromatic heterocycles. The second-order valence-electron chi connectivity index (χ2n) is 6.76. The smallest absolute Gasteiger partial charge is 0.243 e. The van der Waals surface area contributed by atoms with Gasteiger partial charge < -0.3 is 10.2 Å². The van der Waals surface area contributed by atoms with Gasteiger partial charge in [0.05, 0.1) is 4.90 Å². The van der Waals surface area contributed by atoms with Crippen LogP contribution < -0.4 is 5.32 Å². The van der Waals surface area contributed by atoms with Crippen LogP contribution in [-0.2, 0) is 14.8 Å². The summed E-state index contributed by atoms with van der Waals surface area (Å²) in [5, 5.41) is 2.93. The van der Waals surface area contributed by atoms with E-state index < -0.39 is 16.1 Å². The third-order valence-corrected chi connectivity index (χ3v) is 6.93. The molecule has 1 aromatic rings. The van der Waals surface area contributed by atoms with E-state index in [1.54, 1.807) is 24.3 Å². The monoisotopic (exact) mass is 381 g/mol. The molecule has 1 aliphatic heterocycles. The van der Waals surface area contributed by atoms with Crippen molar-refractivity contribution in [1.82, 2.24) is 14.5 Å². The molecule has 2 rings (SSSR count). The van der Waals surface area contributed by atoms with Crippen LogP contribution in [0.25, 0.3) is 0 Å². The summed E-state index contributed by atoms with van der Waals surface area (Å²) in [5.41, 5.74) is 1.01. The molecule has 0 radical (unpaired) electrons. The van der Waals surface area contributed by atoms with E-state index >= 15 is 0 Å². The van der Waals surface area contributed by atoms with Crippen molar-refractivity contribution in [1.29, 1.82) is 0 Å². The molecule has 0 bridgehead atoms. The Kier molecular flexibility index (Phi) is 7.61. The minimum absolute atomic E-state index is 0.187. The number of rotatable bonds is 8. The molecule has 0 spiro atoms. The van der Waals surface area contributed by atoms with Crippen molar-refractivity contribution in [2.75, 3.05) is 32.7 Å². The van der Waals surface area contributed by atoms with Gasteiger partial charge in [-0.25, -0.2) is 8.42 Å². The van der Waals surface area contributed by atoms with Crippen LogP contribution in [0.1, 0.15) is 38.7 Å². The fourth-order valence-electron chi connectivity index (χ4n) is 3.30. The Labute approximate surface area is 157 Å². The third-order valence-electron chi connectivity index (χ3n) is 5.01. The average molecular weight is 382 g/mol. The fraction of sp³-hybridized carbons (Fsp3) is 0.632. The van der Waals surface area contributed by atoms with Gasteiger partial charge in [-0.3, -0.25) is 4.79 Å². The van der Waals surface area contributed by atoms with Crippen LogP contribution in [0, 0.1) is 6.92 Å². The van der Waals surface area contributed by atoms with Crippen molar-refractivity contribution < 1.29 is 13.2 Å². The van der Waals surface area contributed by atoms with Gasteiger partial charge in [-0.15, -0.1) is 0 Å². The third kappa shape index (κ3) is 5.05. The van der Waals surface area contributed by atoms with Gasteiger partial charge in [0.15, 0.2) is 0 Å². The molecule has 1 aromatic carbocycles. The topological polar surface area (TPSA) is 69.7 Å². The summed E-state index contributed by atoms with van der Waals surface area (Å²) in [6.07, 6.45) is 2.23. The molecule has 1 saturated heterocycles. The van der Waals surface area contributed by atoms with Gasteiger partial charge in [-0.05, 0) is 45.0 Å². The van der Waals surface area contributed by atoms with E-state index in [1.165, 1.54) is 4.31 Å². The van der Waals surface area contributed by atoms with Gasteiger partial charge in [0.2, 0.25) is 15.9 Å². The van der Waals surface area contributed by atoms with E-state index in [2.05, 4.69) is 24.1 Å². The van der Waals surface area contributed by atoms with Gasteiger partial charge in [0.1, 0.15) is 6.04 Å². The van der Waals surface area contributed by atoms with E-state index in [-0.39, 0.29) is 10.8 Å². The Morgan fingerprint density at radius 1 is 1.19 bits per heavy atom. The van der Waals surface area contributed by atoms with Gasteiger partial charge in [-0.1, -0.05) is 38.0 Å². The molecular formula is C19H31N3O3S. The zero-order chi connectivity index (χ0) is 19.2. The number of hydrogen-bond donors (Lipinski definition) is 1. The van der Waals surface area contributed by atoms with E-state index in [0.29, 0.717) is 19.5 Å². The first-order chi connectivity index (χ1) is 12.4. The van der Waals surface area contributed by atoms with Crippen LogP contribution >= 0.6 is 0 Å². The molecule has 1 N–H and O–H groups in total. The lowest BCUT2D eigenvalue weighted by Crippen LogP contribution is -2.52. The molecule has 0 unspecified atom stereocenters. The minimum atomic E-state index is -3.66. The highest BCUT2D eigenvalue weighted by Crippen LogP contribution is 2.25. The molecule has 26 heavy (non-hydrogen) atoms. The second kappa shape index (κ2) is 9.48. The van der Waals surface area contributed by atoms with Crippen molar-refractivity contribution in [3.8, 4) is 0 Å². The lowest BCUT2D eigenvalue weighted by Gasteiger charge is -2.33. The van der Waals surface area contributed by atoms with Gasteiger partial charge in [0, 0.05) is 19.6 Å². The van der Waals surface area contributed by atoms with Crippen LogP contribution in [-0.4, -0.2) is 62.3 Å². The van der Waals surface area contributed by atoms with Crippen molar-refractivity contribution >= 4 is 15.9 Å². The quantitative estimate of drug-likeness (QED) is 0.748. The zero-order valence-electron chi connectivity index (χ0n) is 16.1. The summed E-state index contributed by atoms with van der Waals surface area (Å²) < 4.78 is 27.4. The van der Waals surface area contributed by atoms with Crippen LogP contribution in [0.15, 0.2) is 29.2 Å². The zero-order valence-corrected chi connectivity index (χ0v) is 16.9. The Morgan fingerprint density at radius 2 is 1.85 bits per heavy atom. The predicted molar refractivity (Wildman–Crippen MR) is 104 cm³/mol. The number of nitrogens with zero attached hydrogens (tertiary/aromatic N) is 2. The molecule has 1 aliphatic rings. The Hall–Kier alpha value is -1.44. The number of piperidine rings is 1. The maximum absolute atomic E-state index is 13.0. The molecule has 1 atom stereocenters. The number of likely N-dealkylation sites (N-methyl/N-ethyl adjacent to an activating group) is 1. The van der Waals surface area contributed by atoms with Crippen LogP contribution in [0.4, 0.5) is 0 Å². The van der Waals surface area contributed by atoms with Gasteiger partial charge in [-0.2, -0.15) is 4.31 Å². The number of carbonyl (C=O) groups is 1. The summed E-state index contributed by atoms with van der Waals surface area (Å²) >= 11 is 0. The summed E-state index contributed by atoms with van der Waals surface area (Å²) in [5.74, 6) is -0.187. The lowest BCUT2D eigenvalue weighted by atomic mass is 10.0. The standard InChI is InChI=1S/C19H31N3O3S/c1-4-21(5-2)15-13-20-19(23)18-8-6-7-14-22(18)26(24,25)17-11-9-16(3)10-12-17/h9-12,18H,4-8,13-15H2,1-3H3,(H,20,23)/t18-/m0/s1. The first kappa shape index (κ1) is 20.9. The maximum Gasteiger partial charge on any atom is 0.243 e. The van der Waals surface area contributed by atoms with Crippen molar-refractivity contribution in [3.05, 3.63) is 29.8 Å². The number of benzene rings is 1. The Bertz CT molecular complexity index is 684. The summed E-state index contributed by atoms with van der Waals surface area (Å²) in [6.45, 7) is 9.66. The van der Waals surface area contributed by atoms with E-state index in [4.69, 9.17) is 0 Å². The normalized spacial score (nSPS) is 18.8. The molecular weight excluding hydrogens is 350 g/mol. The fourth-order valence-corrected chi connectivity index (χ4v) is 4.95. The molecule has 146 valence electrons. The molecule has 1 heterocycles. The number of hydrogen-bond acceptors (Lipinski definition) is 4. The molecule has 0 saturated carbocycles. The van der Waals surface area contributed by atoms with Crippen molar-refractivity contribution in [3.63, 3.8) is 0 Å². The first-order valence-corrected chi connectivity index (χ1v) is 10.9. The lowest BCUT2D eigenvalue weighted by molar-refractivity contribution is -0.125. The summed E-state index contributed by atoms with van der Waals surface area (Å²) in [7, 11) is -3.66. The Balaban J connectivity index is 2.08. The maximum atomic E-state index is 13.0. The van der Waals surface area contributed by atoms with Crippen LogP contribution in [0.5, 0.6) is 0 Å². The number of carbonyl (C=O) groups excluding carboxylic acids is 1. The van der Waals surface area contributed by atoms with Crippen molar-refractivity contribution in [2.45, 2.75) is 51.0 Å². The Morgan fingerprint density at radius 3 is 2.46 bits per heavy atom. The molecule has 7 heteroatoms. The minimum Gasteiger partial charge on any atom is -0.353 e. The van der Waals surface area contributed by atoms with Gasteiger partial charge in [0.25, 0.3) is 0 Å². The number of amides is 1. The van der Waals surface area contributed by atoms with Crippen molar-refractivity contribution in [2.24, 2.45) is 0 Å². The van der Waals surface area contributed by atoms with Gasteiger partial charge >= 0.3 is 0 Å². The highest BCUT2D eigenvalue weighted by atomic mass is 32.2. The highest BCUT2D eigenvalue weighted by Gasteiger charge is 2.37. The van der Waals surface area contributed by atoms with Crippen LogP contribution in [0.3, 0.4) is 0 Å². The van der Waals surface area contributed by atoms with E-state index in [0.717, 1.165) is 38.0 Å². The summed E-state index contributed by atoms with van der Waals surface area (Å²) in [6, 6.07) is 6.20. The first-order valence-electron chi connectivity index (χ1n) is 9.48. The van der Waals surface area contributed by atoms with E-state index in [9.17, 15) is 13.2 Å². The highest BCUT2D eigenvalue weighted by molar-refractivity contribution is 7.89. The number of sulfonamides is 1. The average Bonchev–Trinajstić information content (AvgIpc) is 2.65. The molecule has 6 nitrogen and oxygen atoms in total. The SMILES string of the molecule is CCN(CC)CCNC(=O)[C@@H]1CCCCN1S(=O)(=O)c1ccc(C)cc1.